The Morgan fingerprint density at radius 2 is 2.18 bits per heavy atom. The van der Waals surface area contributed by atoms with Crippen molar-refractivity contribution in [3.63, 3.8) is 0 Å². The molecule has 2 fully saturated rings. The minimum atomic E-state index is 0.0447. The molecule has 0 N–H and O–H groups in total. The normalized spacial score (nSPS) is 25.2. The Hall–Kier alpha value is -1.88. The summed E-state index contributed by atoms with van der Waals surface area (Å²) in [6, 6.07) is 6.15. The highest BCUT2D eigenvalue weighted by atomic mass is 16.5. The number of hydrogen-bond acceptors (Lipinski definition) is 3. The lowest BCUT2D eigenvalue weighted by molar-refractivity contribution is -0.0754. The molecular weight excluding hydrogens is 278 g/mol. The van der Waals surface area contributed by atoms with E-state index >= 15 is 0 Å². The Morgan fingerprint density at radius 1 is 1.32 bits per heavy atom. The summed E-state index contributed by atoms with van der Waals surface area (Å²) >= 11 is 0. The van der Waals surface area contributed by atoms with Crippen LogP contribution >= 0.6 is 0 Å². The first-order valence-corrected chi connectivity index (χ1v) is 8.11. The third-order valence-electron chi connectivity index (χ3n) is 4.91. The maximum atomic E-state index is 12.9. The second-order valence-corrected chi connectivity index (χ2v) is 6.28. The largest absolute Gasteiger partial charge is 0.374 e. The lowest BCUT2D eigenvalue weighted by atomic mass is 9.90. The zero-order valence-electron chi connectivity index (χ0n) is 12.9. The lowest BCUT2D eigenvalue weighted by Gasteiger charge is -2.43. The molecule has 0 radical (unpaired) electrons. The van der Waals surface area contributed by atoms with Crippen LogP contribution in [0, 0.1) is 6.92 Å². The van der Waals surface area contributed by atoms with Gasteiger partial charge in [0.2, 0.25) is 0 Å². The smallest absolute Gasteiger partial charge is 0.274 e. The fourth-order valence-electron chi connectivity index (χ4n) is 3.75. The number of amides is 1. The molecule has 22 heavy (non-hydrogen) atoms. The number of rotatable bonds is 1. The monoisotopic (exact) mass is 299 g/mol. The van der Waals surface area contributed by atoms with Crippen molar-refractivity contribution in [1.29, 1.82) is 0 Å². The molecule has 4 rings (SSSR count). The van der Waals surface area contributed by atoms with Gasteiger partial charge < -0.3 is 14.0 Å². The molecule has 1 aliphatic heterocycles. The number of carbonyl (C=O) groups excluding carboxylic acids is 1. The zero-order valence-corrected chi connectivity index (χ0v) is 12.9. The average Bonchev–Trinajstić information content (AvgIpc) is 2.99. The average molecular weight is 299 g/mol. The van der Waals surface area contributed by atoms with E-state index in [0.29, 0.717) is 18.8 Å². The van der Waals surface area contributed by atoms with Gasteiger partial charge in [0.15, 0.2) is 0 Å². The molecule has 116 valence electrons. The number of aryl methyl sites for hydroxylation is 1. The molecule has 5 nitrogen and oxygen atoms in total. The predicted molar refractivity (Wildman–Crippen MR) is 83.0 cm³/mol. The van der Waals surface area contributed by atoms with Crippen molar-refractivity contribution in [2.45, 2.75) is 44.8 Å². The molecule has 2 aromatic heterocycles. The number of imidazole rings is 1. The van der Waals surface area contributed by atoms with Crippen molar-refractivity contribution in [2.75, 3.05) is 13.2 Å². The SMILES string of the molecule is Cc1cccc2nc(C(=O)N3CCOC4CCCCC43)cn12. The van der Waals surface area contributed by atoms with Crippen molar-refractivity contribution in [3.8, 4) is 0 Å². The number of fused-ring (bicyclic) bond motifs is 2. The number of morpholine rings is 1. The van der Waals surface area contributed by atoms with E-state index in [9.17, 15) is 4.79 Å². The zero-order chi connectivity index (χ0) is 15.1. The van der Waals surface area contributed by atoms with Crippen LogP contribution in [0.4, 0.5) is 0 Å². The van der Waals surface area contributed by atoms with E-state index in [1.165, 1.54) is 12.8 Å². The van der Waals surface area contributed by atoms with Crippen molar-refractivity contribution in [3.05, 3.63) is 35.8 Å². The fraction of sp³-hybridized carbons (Fsp3) is 0.529. The molecule has 3 heterocycles. The van der Waals surface area contributed by atoms with Gasteiger partial charge in [-0.15, -0.1) is 0 Å². The van der Waals surface area contributed by atoms with Gasteiger partial charge >= 0.3 is 0 Å². The van der Waals surface area contributed by atoms with E-state index in [0.717, 1.165) is 24.2 Å². The van der Waals surface area contributed by atoms with Gasteiger partial charge in [-0.2, -0.15) is 0 Å². The highest BCUT2D eigenvalue weighted by Gasteiger charge is 2.37. The molecule has 2 aromatic rings. The summed E-state index contributed by atoms with van der Waals surface area (Å²) in [7, 11) is 0. The first-order valence-electron chi connectivity index (χ1n) is 8.11. The maximum absolute atomic E-state index is 12.9. The van der Waals surface area contributed by atoms with Crippen molar-refractivity contribution >= 4 is 11.6 Å². The second kappa shape index (κ2) is 5.39. The molecule has 1 aliphatic carbocycles. The van der Waals surface area contributed by atoms with Crippen LogP contribution in [0.15, 0.2) is 24.4 Å². The Labute approximate surface area is 129 Å². The number of pyridine rings is 1. The van der Waals surface area contributed by atoms with Crippen LogP contribution in [0.3, 0.4) is 0 Å². The highest BCUT2D eigenvalue weighted by Crippen LogP contribution is 2.29. The van der Waals surface area contributed by atoms with Gasteiger partial charge in [-0.3, -0.25) is 4.79 Å². The van der Waals surface area contributed by atoms with E-state index in [2.05, 4.69) is 4.98 Å². The van der Waals surface area contributed by atoms with Crippen LogP contribution in [0.2, 0.25) is 0 Å². The summed E-state index contributed by atoms with van der Waals surface area (Å²) in [5, 5.41) is 0. The summed E-state index contributed by atoms with van der Waals surface area (Å²) in [5.41, 5.74) is 2.46. The molecule has 2 unspecified atom stereocenters. The summed E-state index contributed by atoms with van der Waals surface area (Å²) in [4.78, 5) is 19.4. The summed E-state index contributed by atoms with van der Waals surface area (Å²) in [6.07, 6.45) is 6.57. The summed E-state index contributed by atoms with van der Waals surface area (Å²) < 4.78 is 7.83. The van der Waals surface area contributed by atoms with Gasteiger partial charge in [0, 0.05) is 18.4 Å². The Morgan fingerprint density at radius 3 is 3.05 bits per heavy atom. The van der Waals surface area contributed by atoms with Gasteiger partial charge in [0.1, 0.15) is 11.3 Å². The second-order valence-electron chi connectivity index (χ2n) is 6.28. The summed E-state index contributed by atoms with van der Waals surface area (Å²) in [5.74, 6) is 0.0447. The van der Waals surface area contributed by atoms with Crippen LogP contribution < -0.4 is 0 Å². The molecule has 1 saturated heterocycles. The topological polar surface area (TPSA) is 46.8 Å². The molecule has 5 heteroatoms. The number of nitrogens with zero attached hydrogens (tertiary/aromatic N) is 3. The highest BCUT2D eigenvalue weighted by molar-refractivity contribution is 5.93. The van der Waals surface area contributed by atoms with Gasteiger partial charge in [-0.1, -0.05) is 18.9 Å². The van der Waals surface area contributed by atoms with Crippen LogP contribution in [-0.4, -0.2) is 45.5 Å². The third-order valence-corrected chi connectivity index (χ3v) is 4.91. The van der Waals surface area contributed by atoms with Gasteiger partial charge in [0.05, 0.1) is 18.8 Å². The number of ether oxygens (including phenoxy) is 1. The van der Waals surface area contributed by atoms with E-state index in [1.54, 1.807) is 0 Å². The van der Waals surface area contributed by atoms with Gasteiger partial charge in [-0.05, 0) is 31.9 Å². The number of aromatic nitrogens is 2. The molecule has 1 saturated carbocycles. The molecule has 2 atom stereocenters. The Kier molecular flexibility index (Phi) is 3.37. The van der Waals surface area contributed by atoms with E-state index in [-0.39, 0.29) is 18.1 Å². The molecule has 0 spiro atoms. The summed E-state index contributed by atoms with van der Waals surface area (Å²) in [6.45, 7) is 3.33. The van der Waals surface area contributed by atoms with E-state index < -0.39 is 0 Å². The van der Waals surface area contributed by atoms with Gasteiger partial charge in [-0.25, -0.2) is 4.98 Å². The number of hydrogen-bond donors (Lipinski definition) is 0. The quantitative estimate of drug-likeness (QED) is 0.812. The molecule has 0 aromatic carbocycles. The molecular formula is C17H21N3O2. The Balaban J connectivity index is 1.65. The van der Waals surface area contributed by atoms with E-state index in [1.807, 2.05) is 40.6 Å². The molecule has 0 bridgehead atoms. The minimum Gasteiger partial charge on any atom is -0.374 e. The van der Waals surface area contributed by atoms with Gasteiger partial charge in [0.25, 0.3) is 5.91 Å². The number of carbonyl (C=O) groups is 1. The minimum absolute atomic E-state index is 0.0447. The first-order chi connectivity index (χ1) is 10.7. The predicted octanol–water partition coefficient (Wildman–Crippen LogP) is 2.43. The van der Waals surface area contributed by atoms with Crippen molar-refractivity contribution in [1.82, 2.24) is 14.3 Å². The van der Waals surface area contributed by atoms with Crippen LogP contribution in [0.1, 0.15) is 41.9 Å². The van der Waals surface area contributed by atoms with Crippen LogP contribution in [-0.2, 0) is 4.74 Å². The van der Waals surface area contributed by atoms with Crippen LogP contribution in [0.25, 0.3) is 5.65 Å². The lowest BCUT2D eigenvalue weighted by Crippen LogP contribution is -2.54. The van der Waals surface area contributed by atoms with Crippen molar-refractivity contribution in [2.24, 2.45) is 0 Å². The van der Waals surface area contributed by atoms with E-state index in [4.69, 9.17) is 4.74 Å². The Bertz CT molecular complexity index is 707. The standard InChI is InChI=1S/C17H21N3O2/c1-12-5-4-8-16-18-13(11-20(12)16)17(21)19-9-10-22-15-7-3-2-6-14(15)19/h4-5,8,11,14-15H,2-3,6-7,9-10H2,1H3. The fourth-order valence-corrected chi connectivity index (χ4v) is 3.75. The first kappa shape index (κ1) is 13.8. The molecule has 1 amide bonds. The maximum Gasteiger partial charge on any atom is 0.274 e. The molecule has 2 aliphatic rings. The third kappa shape index (κ3) is 2.20. The van der Waals surface area contributed by atoms with Crippen LogP contribution in [0.5, 0.6) is 0 Å². The van der Waals surface area contributed by atoms with Crippen molar-refractivity contribution < 1.29 is 9.53 Å².